The summed E-state index contributed by atoms with van der Waals surface area (Å²) in [5.41, 5.74) is 6.81. The van der Waals surface area contributed by atoms with E-state index < -0.39 is 0 Å². The average Bonchev–Trinajstić information content (AvgIpc) is 3.65. The molecule has 9 nitrogen and oxygen atoms in total. The lowest BCUT2D eigenvalue weighted by Gasteiger charge is -2.35. The number of H-pyrrole nitrogens is 2. The van der Waals surface area contributed by atoms with Crippen molar-refractivity contribution in [3.63, 3.8) is 0 Å². The number of rotatable bonds is 4. The van der Waals surface area contributed by atoms with Gasteiger partial charge in [0.2, 0.25) is 0 Å². The molecular weight excluding hydrogens is 426 g/mol. The molecule has 1 spiro atoms. The number of imidazole rings is 1. The highest BCUT2D eigenvalue weighted by Crippen LogP contribution is 2.54. The molecule has 7 heterocycles. The first-order chi connectivity index (χ1) is 16.6. The quantitative estimate of drug-likeness (QED) is 0.434. The van der Waals surface area contributed by atoms with E-state index in [0.29, 0.717) is 0 Å². The summed E-state index contributed by atoms with van der Waals surface area (Å²) in [4.78, 5) is 18.8. The minimum absolute atomic E-state index is 0.0243. The second-order valence-corrected chi connectivity index (χ2v) is 9.69. The number of aromatic nitrogens is 8. The van der Waals surface area contributed by atoms with E-state index in [0.717, 1.165) is 66.3 Å². The first-order valence-corrected chi connectivity index (χ1v) is 11.8. The van der Waals surface area contributed by atoms with Crippen molar-refractivity contribution in [2.75, 3.05) is 6.54 Å². The number of nitrogens with one attached hydrogen (secondary N) is 2. The molecule has 0 saturated carbocycles. The Bertz CT molecular complexity index is 1500. The summed E-state index contributed by atoms with van der Waals surface area (Å²) in [6.45, 7) is 4.81. The molecule has 2 aliphatic heterocycles. The van der Waals surface area contributed by atoms with Crippen molar-refractivity contribution in [2.45, 2.75) is 44.3 Å². The van der Waals surface area contributed by atoms with E-state index in [9.17, 15) is 0 Å². The zero-order valence-corrected chi connectivity index (χ0v) is 19.4. The zero-order chi connectivity index (χ0) is 22.9. The van der Waals surface area contributed by atoms with Gasteiger partial charge in [0.1, 0.15) is 11.5 Å². The van der Waals surface area contributed by atoms with Gasteiger partial charge in [-0.3, -0.25) is 14.3 Å². The number of hydrogen-bond donors (Lipinski definition) is 2. The monoisotopic (exact) mass is 453 g/mol. The molecule has 2 aliphatic rings. The number of hydrogen-bond acceptors (Lipinski definition) is 5. The van der Waals surface area contributed by atoms with Crippen LogP contribution in [0, 0.1) is 6.92 Å². The Hall–Kier alpha value is -3.72. The molecule has 5 aromatic heterocycles. The second kappa shape index (κ2) is 7.14. The molecule has 0 aliphatic carbocycles. The lowest BCUT2D eigenvalue weighted by atomic mass is 9.74. The van der Waals surface area contributed by atoms with Gasteiger partial charge in [-0.15, -0.1) is 0 Å². The van der Waals surface area contributed by atoms with Crippen LogP contribution in [0.5, 0.6) is 0 Å². The highest BCUT2D eigenvalue weighted by atomic mass is 15.3. The van der Waals surface area contributed by atoms with Gasteiger partial charge in [-0.2, -0.15) is 10.2 Å². The van der Waals surface area contributed by atoms with Gasteiger partial charge in [0, 0.05) is 84.9 Å². The van der Waals surface area contributed by atoms with Gasteiger partial charge in [0.15, 0.2) is 0 Å². The summed E-state index contributed by atoms with van der Waals surface area (Å²) in [5, 5.41) is 10.1. The Kier molecular flexibility index (Phi) is 4.14. The van der Waals surface area contributed by atoms with Crippen molar-refractivity contribution in [1.82, 2.24) is 44.4 Å². The third kappa shape index (κ3) is 2.76. The van der Waals surface area contributed by atoms with Crippen LogP contribution in [-0.4, -0.2) is 50.9 Å². The Morgan fingerprint density at radius 3 is 2.79 bits per heavy atom. The maximum absolute atomic E-state index is 4.87. The van der Waals surface area contributed by atoms with Crippen LogP contribution in [0.4, 0.5) is 0 Å². The fraction of sp³-hybridized carbons (Fsp3) is 0.360. The molecule has 5 aromatic rings. The average molecular weight is 454 g/mol. The Morgan fingerprint density at radius 2 is 1.97 bits per heavy atom. The molecule has 0 aromatic carbocycles. The fourth-order valence-electron chi connectivity index (χ4n) is 6.31. The number of aryl methyl sites for hydroxylation is 3. The Labute approximate surface area is 196 Å². The van der Waals surface area contributed by atoms with E-state index in [2.05, 4.69) is 60.0 Å². The van der Waals surface area contributed by atoms with Gasteiger partial charge in [0.05, 0.1) is 12.2 Å². The molecule has 7 rings (SSSR count). The minimum atomic E-state index is 0.0243. The summed E-state index contributed by atoms with van der Waals surface area (Å²) in [6, 6.07) is 6.79. The van der Waals surface area contributed by atoms with E-state index in [-0.39, 0.29) is 11.5 Å². The molecule has 1 saturated heterocycles. The van der Waals surface area contributed by atoms with Crippen LogP contribution in [0.3, 0.4) is 0 Å². The number of likely N-dealkylation sites (tertiary alicyclic amines) is 1. The molecule has 2 atom stereocenters. The first kappa shape index (κ1) is 19.7. The lowest BCUT2D eigenvalue weighted by molar-refractivity contribution is 0.194. The van der Waals surface area contributed by atoms with Crippen LogP contribution in [0.15, 0.2) is 49.2 Å². The van der Waals surface area contributed by atoms with E-state index in [4.69, 9.17) is 4.98 Å². The van der Waals surface area contributed by atoms with Gasteiger partial charge < -0.3 is 9.97 Å². The highest BCUT2D eigenvalue weighted by molar-refractivity contribution is 5.93. The van der Waals surface area contributed by atoms with Crippen LogP contribution >= 0.6 is 0 Å². The smallest absolute Gasteiger partial charge is 0.137 e. The predicted molar refractivity (Wildman–Crippen MR) is 128 cm³/mol. The van der Waals surface area contributed by atoms with Crippen LogP contribution in [0.1, 0.15) is 41.7 Å². The van der Waals surface area contributed by atoms with Crippen LogP contribution < -0.4 is 0 Å². The summed E-state index contributed by atoms with van der Waals surface area (Å²) >= 11 is 0. The van der Waals surface area contributed by atoms with Crippen molar-refractivity contribution in [3.8, 4) is 11.3 Å². The molecule has 1 fully saturated rings. The molecule has 0 radical (unpaired) electrons. The van der Waals surface area contributed by atoms with Crippen molar-refractivity contribution >= 4 is 11.0 Å². The van der Waals surface area contributed by atoms with Crippen molar-refractivity contribution in [1.29, 1.82) is 0 Å². The third-order valence-corrected chi connectivity index (χ3v) is 7.80. The van der Waals surface area contributed by atoms with Gasteiger partial charge in [-0.05, 0) is 43.5 Å². The molecule has 2 N–H and O–H groups in total. The molecule has 0 bridgehead atoms. The van der Waals surface area contributed by atoms with Gasteiger partial charge in [0.25, 0.3) is 0 Å². The molecular formula is C25H27N9. The fourth-order valence-corrected chi connectivity index (χ4v) is 6.31. The van der Waals surface area contributed by atoms with E-state index in [1.807, 2.05) is 42.6 Å². The molecule has 172 valence electrons. The molecule has 9 heteroatoms. The van der Waals surface area contributed by atoms with E-state index in [1.54, 1.807) is 0 Å². The van der Waals surface area contributed by atoms with Crippen molar-refractivity contribution in [3.05, 3.63) is 72.0 Å². The number of aromatic amines is 2. The summed E-state index contributed by atoms with van der Waals surface area (Å²) in [5.74, 6) is 1.01. The predicted octanol–water partition coefficient (Wildman–Crippen LogP) is 3.48. The zero-order valence-electron chi connectivity index (χ0n) is 19.4. The SMILES string of the molecule is Cc1cnc(CN2CCC3(CCn4nccc43)C2c2cnc3[nH]cc(-c4ccnn4C)c3c2)[nH]1. The van der Waals surface area contributed by atoms with Crippen LogP contribution in [0.2, 0.25) is 0 Å². The van der Waals surface area contributed by atoms with Crippen LogP contribution in [0.25, 0.3) is 22.3 Å². The summed E-state index contributed by atoms with van der Waals surface area (Å²) < 4.78 is 4.10. The Morgan fingerprint density at radius 1 is 1.09 bits per heavy atom. The standard InChI is InChI=1S/C25H27N9/c1-16-12-26-22(31-16)15-33-9-5-25(6-10-34-21(25)4-8-30-34)23(33)17-11-18-19(14-28-24(18)27-13-17)20-3-7-29-32(20)2/h3-4,7-8,11-14,23H,5-6,9-10,15H2,1-2H3,(H,26,31)(H,27,28). The topological polar surface area (TPSA) is 96.2 Å². The molecule has 2 unspecified atom stereocenters. The number of pyridine rings is 1. The highest BCUT2D eigenvalue weighted by Gasteiger charge is 2.53. The minimum Gasteiger partial charge on any atom is -0.345 e. The summed E-state index contributed by atoms with van der Waals surface area (Å²) in [7, 11) is 1.98. The lowest BCUT2D eigenvalue weighted by Crippen LogP contribution is -2.34. The van der Waals surface area contributed by atoms with Crippen molar-refractivity contribution < 1.29 is 0 Å². The van der Waals surface area contributed by atoms with Gasteiger partial charge >= 0.3 is 0 Å². The normalized spacial score (nSPS) is 22.4. The van der Waals surface area contributed by atoms with E-state index >= 15 is 0 Å². The van der Waals surface area contributed by atoms with Crippen molar-refractivity contribution in [2.24, 2.45) is 7.05 Å². The first-order valence-electron chi connectivity index (χ1n) is 11.8. The largest absolute Gasteiger partial charge is 0.345 e. The maximum atomic E-state index is 4.87. The maximum Gasteiger partial charge on any atom is 0.137 e. The molecule has 34 heavy (non-hydrogen) atoms. The van der Waals surface area contributed by atoms with E-state index in [1.165, 1.54) is 11.3 Å². The van der Waals surface area contributed by atoms with Crippen LogP contribution in [-0.2, 0) is 25.6 Å². The number of fused-ring (bicyclic) bond motifs is 3. The molecule has 0 amide bonds. The number of nitrogens with zero attached hydrogens (tertiary/aromatic N) is 7. The third-order valence-electron chi connectivity index (χ3n) is 7.80. The Balaban J connectivity index is 1.37. The summed E-state index contributed by atoms with van der Waals surface area (Å²) in [6.07, 6.45) is 12.0. The second-order valence-electron chi connectivity index (χ2n) is 9.69. The van der Waals surface area contributed by atoms with Gasteiger partial charge in [-0.25, -0.2) is 9.97 Å². The van der Waals surface area contributed by atoms with Gasteiger partial charge in [-0.1, -0.05) is 0 Å².